The van der Waals surface area contributed by atoms with E-state index in [-0.39, 0.29) is 32.9 Å². The van der Waals surface area contributed by atoms with Gasteiger partial charge in [-0.3, -0.25) is 14.6 Å². The summed E-state index contributed by atoms with van der Waals surface area (Å²) in [6.45, 7) is 0. The van der Waals surface area contributed by atoms with Crippen molar-refractivity contribution in [2.45, 2.75) is 12.4 Å². The maximum atomic E-state index is 13.1. The molecule has 2 aromatic heterocycles. The van der Waals surface area contributed by atoms with Gasteiger partial charge in [0.25, 0.3) is 11.5 Å². The monoisotopic (exact) mass is 559 g/mol. The van der Waals surface area contributed by atoms with Crippen LogP contribution in [-0.4, -0.2) is 15.5 Å². The Morgan fingerprint density at radius 2 is 1.49 bits per heavy atom. The van der Waals surface area contributed by atoms with Crippen LogP contribution in [0, 0.1) is 0 Å². The Balaban J connectivity index is 1.74. The lowest BCUT2D eigenvalue weighted by Crippen LogP contribution is -2.19. The summed E-state index contributed by atoms with van der Waals surface area (Å²) < 4.78 is 80.1. The minimum absolute atomic E-state index is 0.0844. The van der Waals surface area contributed by atoms with Crippen molar-refractivity contribution in [1.29, 1.82) is 0 Å². The number of aryl methyl sites for hydroxylation is 1. The number of amides is 1. The standard InChI is InChI=1S/C24H13Cl2F6N3O2/c1-35-19-2-3-33-10-12(19)6-16(22(35)37)20-17(25)8-15(9-18(20)26)34-21(36)11-4-13(23(27,28)29)7-14(5-11)24(30,31)32/h2-10H,1H3,(H,34,36). The van der Waals surface area contributed by atoms with E-state index >= 15 is 0 Å². The van der Waals surface area contributed by atoms with Crippen molar-refractivity contribution >= 4 is 45.7 Å². The lowest BCUT2D eigenvalue weighted by atomic mass is 10.0. The van der Waals surface area contributed by atoms with Crippen LogP contribution in [0.5, 0.6) is 0 Å². The second-order valence-electron chi connectivity index (χ2n) is 7.92. The molecule has 4 rings (SSSR count). The van der Waals surface area contributed by atoms with Crippen LogP contribution in [0.3, 0.4) is 0 Å². The highest BCUT2D eigenvalue weighted by molar-refractivity contribution is 6.39. The maximum absolute atomic E-state index is 13.1. The SMILES string of the molecule is Cn1c(=O)c(-c2c(Cl)cc(NC(=O)c3cc(C(F)(F)F)cc(C(F)(F)F)c3)cc2Cl)cc2cnccc21. The van der Waals surface area contributed by atoms with Gasteiger partial charge in [0, 0.05) is 41.6 Å². The van der Waals surface area contributed by atoms with Gasteiger partial charge in [-0.1, -0.05) is 23.2 Å². The van der Waals surface area contributed by atoms with E-state index in [0.29, 0.717) is 23.0 Å². The molecule has 0 saturated heterocycles. The number of halogens is 8. The van der Waals surface area contributed by atoms with Crippen molar-refractivity contribution in [1.82, 2.24) is 9.55 Å². The van der Waals surface area contributed by atoms with Crippen molar-refractivity contribution in [3.63, 3.8) is 0 Å². The number of fused-ring (bicyclic) bond motifs is 1. The summed E-state index contributed by atoms with van der Waals surface area (Å²) in [5.41, 5.74) is -3.89. The van der Waals surface area contributed by atoms with E-state index in [0.717, 1.165) is 0 Å². The highest BCUT2D eigenvalue weighted by Crippen LogP contribution is 2.38. The molecule has 13 heteroatoms. The summed E-state index contributed by atoms with van der Waals surface area (Å²) >= 11 is 12.7. The molecule has 0 aliphatic rings. The molecule has 0 spiro atoms. The molecule has 5 nitrogen and oxygen atoms in total. The topological polar surface area (TPSA) is 64.0 Å². The number of rotatable bonds is 3. The largest absolute Gasteiger partial charge is 0.416 e. The molecule has 1 N–H and O–H groups in total. The summed E-state index contributed by atoms with van der Waals surface area (Å²) in [6.07, 6.45) is -7.20. The molecule has 0 radical (unpaired) electrons. The van der Waals surface area contributed by atoms with Gasteiger partial charge in [-0.05, 0) is 42.5 Å². The number of pyridine rings is 2. The first kappa shape index (κ1) is 26.5. The molecule has 0 bridgehead atoms. The highest BCUT2D eigenvalue weighted by atomic mass is 35.5. The molecule has 0 aliphatic heterocycles. The summed E-state index contributed by atoms with van der Waals surface area (Å²) in [4.78, 5) is 29.5. The predicted molar refractivity (Wildman–Crippen MR) is 127 cm³/mol. The molecule has 0 fully saturated rings. The van der Waals surface area contributed by atoms with Crippen molar-refractivity contribution in [3.8, 4) is 11.1 Å². The van der Waals surface area contributed by atoms with Gasteiger partial charge in [-0.2, -0.15) is 26.3 Å². The maximum Gasteiger partial charge on any atom is 0.416 e. The van der Waals surface area contributed by atoms with E-state index in [1.54, 1.807) is 6.07 Å². The molecule has 0 unspecified atom stereocenters. The lowest BCUT2D eigenvalue weighted by molar-refractivity contribution is -0.143. The minimum atomic E-state index is -5.12. The van der Waals surface area contributed by atoms with Crippen molar-refractivity contribution in [2.24, 2.45) is 7.05 Å². The third kappa shape index (κ3) is 5.28. The highest BCUT2D eigenvalue weighted by Gasteiger charge is 2.37. The number of hydrogen-bond acceptors (Lipinski definition) is 3. The van der Waals surface area contributed by atoms with Gasteiger partial charge in [0.15, 0.2) is 0 Å². The predicted octanol–water partition coefficient (Wildman–Crippen LogP) is 7.20. The molecule has 37 heavy (non-hydrogen) atoms. The van der Waals surface area contributed by atoms with Crippen LogP contribution in [0.2, 0.25) is 10.0 Å². The van der Waals surface area contributed by atoms with Gasteiger partial charge in [0.2, 0.25) is 0 Å². The summed E-state index contributed by atoms with van der Waals surface area (Å²) in [5, 5.41) is 2.61. The zero-order valence-electron chi connectivity index (χ0n) is 18.4. The number of carbonyl (C=O) groups excluding carboxylic acids is 1. The van der Waals surface area contributed by atoms with E-state index in [9.17, 15) is 35.9 Å². The summed E-state index contributed by atoms with van der Waals surface area (Å²) in [5.74, 6) is -1.26. The molecule has 0 atom stereocenters. The summed E-state index contributed by atoms with van der Waals surface area (Å²) in [7, 11) is 1.54. The molecule has 4 aromatic rings. The van der Waals surface area contributed by atoms with E-state index in [1.165, 1.54) is 42.2 Å². The average Bonchev–Trinajstić information content (AvgIpc) is 2.80. The fourth-order valence-corrected chi connectivity index (χ4v) is 4.38. The Kier molecular flexibility index (Phi) is 6.72. The van der Waals surface area contributed by atoms with E-state index in [1.807, 2.05) is 0 Å². The van der Waals surface area contributed by atoms with Gasteiger partial charge < -0.3 is 9.88 Å². The second-order valence-corrected chi connectivity index (χ2v) is 8.73. The molecule has 1 amide bonds. The first-order valence-electron chi connectivity index (χ1n) is 10.2. The zero-order valence-corrected chi connectivity index (χ0v) is 19.9. The van der Waals surface area contributed by atoms with Crippen LogP contribution in [0.4, 0.5) is 32.0 Å². The van der Waals surface area contributed by atoms with Crippen LogP contribution in [-0.2, 0) is 19.4 Å². The van der Waals surface area contributed by atoms with Crippen molar-refractivity contribution < 1.29 is 31.1 Å². The number of hydrogen-bond donors (Lipinski definition) is 1. The normalized spacial score (nSPS) is 12.1. The van der Waals surface area contributed by atoms with Crippen molar-refractivity contribution in [3.05, 3.63) is 91.9 Å². The number of nitrogens with one attached hydrogen (secondary N) is 1. The molecule has 2 heterocycles. The first-order chi connectivity index (χ1) is 17.2. The molecule has 0 aliphatic carbocycles. The smallest absolute Gasteiger partial charge is 0.322 e. The van der Waals surface area contributed by atoms with Crippen LogP contribution in [0.25, 0.3) is 22.0 Å². The fourth-order valence-electron chi connectivity index (χ4n) is 3.69. The number of benzene rings is 2. The summed E-state index contributed by atoms with van der Waals surface area (Å²) in [6, 6.07) is 6.03. The minimum Gasteiger partial charge on any atom is -0.322 e. The lowest BCUT2D eigenvalue weighted by Gasteiger charge is -2.15. The van der Waals surface area contributed by atoms with Crippen LogP contribution in [0.15, 0.2) is 59.7 Å². The van der Waals surface area contributed by atoms with E-state index in [2.05, 4.69) is 10.3 Å². The Morgan fingerprint density at radius 1 is 0.919 bits per heavy atom. The van der Waals surface area contributed by atoms with Gasteiger partial charge in [-0.15, -0.1) is 0 Å². The Bertz CT molecular complexity index is 1560. The Morgan fingerprint density at radius 3 is 2.03 bits per heavy atom. The molecule has 192 valence electrons. The second kappa shape index (κ2) is 9.38. The van der Waals surface area contributed by atoms with Gasteiger partial charge in [0.1, 0.15) is 0 Å². The number of aromatic nitrogens is 2. The number of carbonyl (C=O) groups is 1. The molecule has 0 saturated carbocycles. The molecule has 2 aromatic carbocycles. The number of nitrogens with zero attached hydrogens (tertiary/aromatic N) is 2. The quantitative estimate of drug-likeness (QED) is 0.270. The van der Waals surface area contributed by atoms with Gasteiger partial charge in [-0.25, -0.2) is 0 Å². The average molecular weight is 560 g/mol. The van der Waals surface area contributed by atoms with Crippen LogP contribution in [0.1, 0.15) is 21.5 Å². The fraction of sp³-hybridized carbons (Fsp3) is 0.125. The Labute approximate surface area is 214 Å². The first-order valence-corrected chi connectivity index (χ1v) is 11.0. The number of anilines is 1. The molecular weight excluding hydrogens is 547 g/mol. The zero-order chi connectivity index (χ0) is 27.3. The van der Waals surface area contributed by atoms with Crippen LogP contribution >= 0.6 is 23.2 Å². The third-order valence-electron chi connectivity index (χ3n) is 5.44. The van der Waals surface area contributed by atoms with Gasteiger partial charge in [0.05, 0.1) is 32.3 Å². The number of alkyl halides is 6. The third-order valence-corrected chi connectivity index (χ3v) is 6.04. The van der Waals surface area contributed by atoms with Crippen LogP contribution < -0.4 is 10.9 Å². The van der Waals surface area contributed by atoms with E-state index < -0.39 is 40.5 Å². The molecular formula is C24H13Cl2F6N3O2. The van der Waals surface area contributed by atoms with E-state index in [4.69, 9.17) is 23.2 Å². The van der Waals surface area contributed by atoms with Crippen molar-refractivity contribution in [2.75, 3.05) is 5.32 Å². The Hall–Kier alpha value is -3.57. The van der Waals surface area contributed by atoms with Gasteiger partial charge >= 0.3 is 12.4 Å².